The maximum absolute atomic E-state index is 12.9. The minimum atomic E-state index is 0.138. The standard InChI is InChI=1S/C16H18BrNO3/c17-11-8-12-2-3-13(9-11)18(12)16(19)10-1-4-14-15(7-10)21-6-5-20-14/h1,4,7,11-13H,2-3,5-6,8-9H2. The van der Waals surface area contributed by atoms with E-state index in [1.165, 1.54) is 0 Å². The molecule has 2 bridgehead atoms. The van der Waals surface area contributed by atoms with E-state index < -0.39 is 0 Å². The lowest BCUT2D eigenvalue weighted by Gasteiger charge is -2.37. The van der Waals surface area contributed by atoms with Gasteiger partial charge in [0.25, 0.3) is 5.91 Å². The number of hydrogen-bond acceptors (Lipinski definition) is 3. The van der Waals surface area contributed by atoms with Crippen LogP contribution in [0, 0.1) is 0 Å². The molecule has 1 amide bonds. The Hall–Kier alpha value is -1.23. The molecule has 3 aliphatic rings. The molecule has 2 fully saturated rings. The summed E-state index contributed by atoms with van der Waals surface area (Å²) in [5.74, 6) is 1.56. The van der Waals surface area contributed by atoms with Crippen molar-refractivity contribution in [2.24, 2.45) is 0 Å². The second-order valence-corrected chi connectivity index (χ2v) is 7.32. The van der Waals surface area contributed by atoms with Gasteiger partial charge in [-0.2, -0.15) is 0 Å². The minimum Gasteiger partial charge on any atom is -0.486 e. The first-order valence-corrected chi connectivity index (χ1v) is 8.50. The fraction of sp³-hybridized carbons (Fsp3) is 0.562. The number of alkyl halides is 1. The number of hydrogen-bond donors (Lipinski definition) is 0. The predicted octanol–water partition coefficient (Wildman–Crippen LogP) is 2.99. The molecule has 0 spiro atoms. The maximum Gasteiger partial charge on any atom is 0.254 e. The molecule has 2 unspecified atom stereocenters. The number of carbonyl (C=O) groups is 1. The maximum atomic E-state index is 12.9. The Morgan fingerprint density at radius 2 is 1.76 bits per heavy atom. The van der Waals surface area contributed by atoms with Gasteiger partial charge in [0.1, 0.15) is 13.2 Å². The zero-order chi connectivity index (χ0) is 14.4. The third-order valence-electron chi connectivity index (χ3n) is 4.70. The van der Waals surface area contributed by atoms with Crippen LogP contribution in [0.15, 0.2) is 18.2 Å². The Morgan fingerprint density at radius 3 is 2.48 bits per heavy atom. The molecule has 1 aromatic carbocycles. The first kappa shape index (κ1) is 13.4. The topological polar surface area (TPSA) is 38.8 Å². The summed E-state index contributed by atoms with van der Waals surface area (Å²) in [4.78, 5) is 15.5. The fourth-order valence-corrected chi connectivity index (χ4v) is 4.63. The van der Waals surface area contributed by atoms with Crippen molar-refractivity contribution in [3.8, 4) is 11.5 Å². The van der Waals surface area contributed by atoms with E-state index in [4.69, 9.17) is 9.47 Å². The average molecular weight is 352 g/mol. The van der Waals surface area contributed by atoms with Crippen LogP contribution in [0.3, 0.4) is 0 Å². The summed E-state index contributed by atoms with van der Waals surface area (Å²) >= 11 is 3.72. The molecule has 0 aliphatic carbocycles. The number of rotatable bonds is 1. The summed E-state index contributed by atoms with van der Waals surface area (Å²) in [5.41, 5.74) is 0.712. The first-order valence-electron chi connectivity index (χ1n) is 7.59. The second-order valence-electron chi connectivity index (χ2n) is 6.02. The van der Waals surface area contributed by atoms with Gasteiger partial charge in [-0.05, 0) is 43.9 Å². The van der Waals surface area contributed by atoms with E-state index in [1.54, 1.807) is 0 Å². The number of piperidine rings is 1. The molecule has 0 radical (unpaired) electrons. The van der Waals surface area contributed by atoms with Gasteiger partial charge in [0.05, 0.1) is 0 Å². The van der Waals surface area contributed by atoms with Gasteiger partial charge in [-0.15, -0.1) is 0 Å². The van der Waals surface area contributed by atoms with Crippen LogP contribution in [-0.4, -0.2) is 40.9 Å². The van der Waals surface area contributed by atoms with Crippen molar-refractivity contribution >= 4 is 21.8 Å². The van der Waals surface area contributed by atoms with Crippen LogP contribution < -0.4 is 9.47 Å². The molecular weight excluding hydrogens is 334 g/mol. The molecule has 5 heteroatoms. The number of benzene rings is 1. The molecule has 0 saturated carbocycles. The lowest BCUT2D eigenvalue weighted by molar-refractivity contribution is 0.0602. The first-order chi connectivity index (χ1) is 10.2. The average Bonchev–Trinajstić information content (AvgIpc) is 2.78. The minimum absolute atomic E-state index is 0.138. The number of carbonyl (C=O) groups excluding carboxylic acids is 1. The zero-order valence-corrected chi connectivity index (χ0v) is 13.3. The van der Waals surface area contributed by atoms with E-state index in [9.17, 15) is 4.79 Å². The number of amides is 1. The largest absolute Gasteiger partial charge is 0.486 e. The van der Waals surface area contributed by atoms with Crippen LogP contribution in [0.4, 0.5) is 0 Å². The van der Waals surface area contributed by atoms with Gasteiger partial charge in [-0.25, -0.2) is 0 Å². The summed E-state index contributed by atoms with van der Waals surface area (Å²) in [6, 6.07) is 6.30. The Labute approximate surface area is 132 Å². The highest BCUT2D eigenvalue weighted by Crippen LogP contribution is 2.40. The quantitative estimate of drug-likeness (QED) is 0.730. The molecule has 112 valence electrons. The zero-order valence-electron chi connectivity index (χ0n) is 11.8. The van der Waals surface area contributed by atoms with Gasteiger partial charge in [-0.1, -0.05) is 15.9 Å². The van der Waals surface area contributed by atoms with Crippen LogP contribution in [0.2, 0.25) is 0 Å². The van der Waals surface area contributed by atoms with E-state index >= 15 is 0 Å². The number of halogens is 1. The van der Waals surface area contributed by atoms with Crippen LogP contribution in [0.25, 0.3) is 0 Å². The Morgan fingerprint density at radius 1 is 1.10 bits per heavy atom. The predicted molar refractivity (Wildman–Crippen MR) is 82.4 cm³/mol. The van der Waals surface area contributed by atoms with E-state index in [2.05, 4.69) is 20.8 Å². The van der Waals surface area contributed by atoms with Gasteiger partial charge < -0.3 is 14.4 Å². The van der Waals surface area contributed by atoms with E-state index in [1.807, 2.05) is 18.2 Å². The third-order valence-corrected chi connectivity index (χ3v) is 5.45. The van der Waals surface area contributed by atoms with Crippen molar-refractivity contribution in [1.82, 2.24) is 4.90 Å². The van der Waals surface area contributed by atoms with Crippen LogP contribution in [0.5, 0.6) is 11.5 Å². The lowest BCUT2D eigenvalue weighted by atomic mass is 10.0. The van der Waals surface area contributed by atoms with E-state index in [-0.39, 0.29) is 5.91 Å². The van der Waals surface area contributed by atoms with Gasteiger partial charge >= 0.3 is 0 Å². The number of ether oxygens (including phenoxy) is 2. The SMILES string of the molecule is O=C(c1ccc2c(c1)OCCO2)N1C2CCC1CC(Br)C2. The molecule has 3 aliphatic heterocycles. The molecule has 4 rings (SSSR count). The molecule has 2 saturated heterocycles. The van der Waals surface area contributed by atoms with E-state index in [0.29, 0.717) is 41.4 Å². The highest BCUT2D eigenvalue weighted by molar-refractivity contribution is 9.09. The Kier molecular flexibility index (Phi) is 3.32. The highest BCUT2D eigenvalue weighted by atomic mass is 79.9. The third kappa shape index (κ3) is 2.31. The Bertz CT molecular complexity index is 563. The summed E-state index contributed by atoms with van der Waals surface area (Å²) in [6.07, 6.45) is 4.38. The van der Waals surface area contributed by atoms with Crippen molar-refractivity contribution in [3.05, 3.63) is 23.8 Å². The number of nitrogens with zero attached hydrogens (tertiary/aromatic N) is 1. The van der Waals surface area contributed by atoms with Crippen molar-refractivity contribution in [3.63, 3.8) is 0 Å². The highest BCUT2D eigenvalue weighted by Gasteiger charge is 2.42. The van der Waals surface area contributed by atoms with Crippen molar-refractivity contribution in [1.29, 1.82) is 0 Å². The monoisotopic (exact) mass is 351 g/mol. The van der Waals surface area contributed by atoms with Crippen molar-refractivity contribution in [2.75, 3.05) is 13.2 Å². The molecule has 0 aromatic heterocycles. The van der Waals surface area contributed by atoms with Crippen molar-refractivity contribution in [2.45, 2.75) is 42.6 Å². The van der Waals surface area contributed by atoms with Crippen LogP contribution in [0.1, 0.15) is 36.0 Å². The molecule has 0 N–H and O–H groups in total. The molecule has 3 heterocycles. The summed E-state index contributed by atoms with van der Waals surface area (Å²) < 4.78 is 11.1. The summed E-state index contributed by atoms with van der Waals surface area (Å²) in [7, 11) is 0. The number of fused-ring (bicyclic) bond motifs is 3. The smallest absolute Gasteiger partial charge is 0.254 e. The van der Waals surface area contributed by atoms with Gasteiger partial charge in [0, 0.05) is 22.5 Å². The van der Waals surface area contributed by atoms with Crippen LogP contribution in [-0.2, 0) is 0 Å². The molecule has 1 aromatic rings. The molecule has 2 atom stereocenters. The van der Waals surface area contributed by atoms with Crippen LogP contribution >= 0.6 is 15.9 Å². The molecular formula is C16H18BrNO3. The summed E-state index contributed by atoms with van der Waals surface area (Å²) in [5, 5.41) is 0. The Balaban J connectivity index is 1.60. The van der Waals surface area contributed by atoms with E-state index in [0.717, 1.165) is 31.4 Å². The van der Waals surface area contributed by atoms with Crippen molar-refractivity contribution < 1.29 is 14.3 Å². The normalized spacial score (nSPS) is 30.3. The fourth-order valence-electron chi connectivity index (χ4n) is 3.77. The van der Waals surface area contributed by atoms with Gasteiger partial charge in [-0.3, -0.25) is 4.79 Å². The molecule has 4 nitrogen and oxygen atoms in total. The second kappa shape index (κ2) is 5.20. The summed E-state index contributed by atoms with van der Waals surface area (Å²) in [6.45, 7) is 1.12. The van der Waals surface area contributed by atoms with Gasteiger partial charge in [0.2, 0.25) is 0 Å². The van der Waals surface area contributed by atoms with Gasteiger partial charge in [0.15, 0.2) is 11.5 Å². The molecule has 21 heavy (non-hydrogen) atoms. The lowest BCUT2D eigenvalue weighted by Crippen LogP contribution is -2.46.